The molecule has 0 aromatic carbocycles. The number of hydrogen-bond donors (Lipinski definition) is 0. The standard InChI is InChI=1S/C26H40N2O.C2H6/c1-4-18-14-27-28(15-18)16-25(29)24-10-9-23-22-8-6-19-13-17(2)5-7-20(19)21(22)11-12-26(23,24)3;1-2/h14-15,17,19-24H,4-13,16H2,1-3H3;1-2H3. The number of rotatable bonds is 4. The average molecular weight is 427 g/mol. The third-order valence-electron chi connectivity index (χ3n) is 10.0. The van der Waals surface area contributed by atoms with E-state index in [0.717, 1.165) is 48.3 Å². The van der Waals surface area contributed by atoms with E-state index in [-0.39, 0.29) is 11.3 Å². The molecule has 4 aliphatic carbocycles. The van der Waals surface area contributed by atoms with Crippen LogP contribution in [0.3, 0.4) is 0 Å². The molecule has 5 rings (SSSR count). The monoisotopic (exact) mass is 426 g/mol. The molecule has 0 spiro atoms. The van der Waals surface area contributed by atoms with Crippen LogP contribution in [0.1, 0.15) is 98.0 Å². The Kier molecular flexibility index (Phi) is 6.99. The lowest BCUT2D eigenvalue weighted by Crippen LogP contribution is -2.49. The van der Waals surface area contributed by atoms with Crippen LogP contribution in [0, 0.1) is 46.8 Å². The summed E-state index contributed by atoms with van der Waals surface area (Å²) in [5.74, 6) is 6.32. The van der Waals surface area contributed by atoms with Crippen LogP contribution in [0.2, 0.25) is 0 Å². The fraction of sp³-hybridized carbons (Fsp3) is 0.857. The minimum Gasteiger partial charge on any atom is -0.297 e. The third-order valence-corrected chi connectivity index (χ3v) is 10.0. The molecule has 0 bridgehead atoms. The Morgan fingerprint density at radius 2 is 1.84 bits per heavy atom. The zero-order valence-electron chi connectivity index (χ0n) is 20.8. The van der Waals surface area contributed by atoms with Gasteiger partial charge in [0.15, 0.2) is 5.78 Å². The summed E-state index contributed by atoms with van der Waals surface area (Å²) in [6.45, 7) is 11.6. The zero-order valence-corrected chi connectivity index (χ0v) is 20.8. The van der Waals surface area contributed by atoms with Gasteiger partial charge in [-0.15, -0.1) is 0 Å². The molecule has 4 aliphatic rings. The SMILES string of the molecule is CC.CCc1cnn(CC(=O)C2CCC3C4CCC5CC(C)CCC5C4CCC23C)c1. The Bertz CT molecular complexity index is 754. The summed E-state index contributed by atoms with van der Waals surface area (Å²) in [6.07, 6.45) is 17.4. The summed E-state index contributed by atoms with van der Waals surface area (Å²) in [5, 5.41) is 4.44. The Morgan fingerprint density at radius 3 is 2.58 bits per heavy atom. The Balaban J connectivity index is 0.00000112. The van der Waals surface area contributed by atoms with Crippen molar-refractivity contribution in [1.82, 2.24) is 9.78 Å². The van der Waals surface area contributed by atoms with Crippen LogP contribution in [-0.2, 0) is 17.8 Å². The summed E-state index contributed by atoms with van der Waals surface area (Å²) < 4.78 is 1.89. The van der Waals surface area contributed by atoms with Gasteiger partial charge in [0.2, 0.25) is 0 Å². The molecular weight excluding hydrogens is 380 g/mol. The molecule has 0 radical (unpaired) electrons. The smallest absolute Gasteiger partial charge is 0.157 e. The molecule has 3 nitrogen and oxygen atoms in total. The minimum absolute atomic E-state index is 0.244. The van der Waals surface area contributed by atoms with E-state index in [4.69, 9.17) is 0 Å². The number of carbonyl (C=O) groups excluding carboxylic acids is 1. The van der Waals surface area contributed by atoms with Crippen LogP contribution < -0.4 is 0 Å². The predicted molar refractivity (Wildman–Crippen MR) is 128 cm³/mol. The Labute approximate surface area is 190 Å². The molecule has 1 aromatic heterocycles. The highest BCUT2D eigenvalue weighted by Crippen LogP contribution is 2.64. The van der Waals surface area contributed by atoms with Crippen LogP contribution in [0.25, 0.3) is 0 Å². The second-order valence-corrected chi connectivity index (χ2v) is 11.4. The minimum atomic E-state index is 0.244. The first-order chi connectivity index (χ1) is 15.0. The normalized spacial score (nSPS) is 41.4. The molecule has 0 aliphatic heterocycles. The molecule has 0 saturated heterocycles. The Hall–Kier alpha value is -1.12. The van der Waals surface area contributed by atoms with Gasteiger partial charge in [0.05, 0.1) is 12.7 Å². The molecule has 4 saturated carbocycles. The summed E-state index contributed by atoms with van der Waals surface area (Å²) in [6, 6.07) is 0. The van der Waals surface area contributed by atoms with Crippen LogP contribution in [0.4, 0.5) is 0 Å². The van der Waals surface area contributed by atoms with Crippen molar-refractivity contribution < 1.29 is 4.79 Å². The lowest BCUT2D eigenvalue weighted by Gasteiger charge is -2.56. The van der Waals surface area contributed by atoms with Crippen molar-refractivity contribution >= 4 is 5.78 Å². The number of hydrogen-bond acceptors (Lipinski definition) is 2. The molecule has 8 atom stereocenters. The molecule has 1 heterocycles. The van der Waals surface area contributed by atoms with Gasteiger partial charge in [-0.25, -0.2) is 0 Å². The summed E-state index contributed by atoms with van der Waals surface area (Å²) in [7, 11) is 0. The fourth-order valence-corrected chi connectivity index (χ4v) is 8.56. The van der Waals surface area contributed by atoms with E-state index in [2.05, 4.69) is 32.1 Å². The number of aryl methyl sites for hydroxylation is 1. The molecule has 31 heavy (non-hydrogen) atoms. The van der Waals surface area contributed by atoms with E-state index in [1.807, 2.05) is 24.7 Å². The van der Waals surface area contributed by atoms with Crippen LogP contribution >= 0.6 is 0 Å². The lowest BCUT2D eigenvalue weighted by atomic mass is 9.49. The molecule has 174 valence electrons. The van der Waals surface area contributed by atoms with Crippen molar-refractivity contribution in [1.29, 1.82) is 0 Å². The van der Waals surface area contributed by atoms with Gasteiger partial charge in [-0.1, -0.05) is 41.0 Å². The maximum Gasteiger partial charge on any atom is 0.157 e. The van der Waals surface area contributed by atoms with Crippen molar-refractivity contribution in [3.05, 3.63) is 18.0 Å². The van der Waals surface area contributed by atoms with Crippen LogP contribution in [0.5, 0.6) is 0 Å². The third kappa shape index (κ3) is 4.15. The molecule has 1 aromatic rings. The van der Waals surface area contributed by atoms with E-state index in [1.165, 1.54) is 56.9 Å². The first-order valence-electron chi connectivity index (χ1n) is 13.5. The Morgan fingerprint density at radius 1 is 1.06 bits per heavy atom. The van der Waals surface area contributed by atoms with Crippen molar-refractivity contribution in [2.45, 2.75) is 105 Å². The first-order valence-corrected chi connectivity index (χ1v) is 13.5. The predicted octanol–water partition coefficient (Wildman–Crippen LogP) is 6.95. The molecule has 8 unspecified atom stereocenters. The maximum absolute atomic E-state index is 13.3. The van der Waals surface area contributed by atoms with Crippen molar-refractivity contribution in [3.63, 3.8) is 0 Å². The summed E-state index contributed by atoms with van der Waals surface area (Å²) in [4.78, 5) is 13.3. The van der Waals surface area contributed by atoms with Gasteiger partial charge in [-0.05, 0) is 104 Å². The topological polar surface area (TPSA) is 34.9 Å². The van der Waals surface area contributed by atoms with Gasteiger partial charge < -0.3 is 0 Å². The molecule has 0 N–H and O–H groups in total. The van der Waals surface area contributed by atoms with Crippen molar-refractivity contribution in [3.8, 4) is 0 Å². The van der Waals surface area contributed by atoms with Gasteiger partial charge in [-0.2, -0.15) is 5.10 Å². The number of ketones is 1. The highest BCUT2D eigenvalue weighted by atomic mass is 16.1. The quantitative estimate of drug-likeness (QED) is 0.522. The molecule has 0 amide bonds. The number of nitrogens with zero attached hydrogens (tertiary/aromatic N) is 2. The second kappa shape index (κ2) is 9.40. The van der Waals surface area contributed by atoms with E-state index >= 15 is 0 Å². The van der Waals surface area contributed by atoms with Crippen LogP contribution in [-0.4, -0.2) is 15.6 Å². The van der Waals surface area contributed by atoms with E-state index in [9.17, 15) is 4.79 Å². The average Bonchev–Trinajstić information content (AvgIpc) is 3.38. The number of carbonyl (C=O) groups is 1. The summed E-state index contributed by atoms with van der Waals surface area (Å²) in [5.41, 5.74) is 1.47. The maximum atomic E-state index is 13.3. The summed E-state index contributed by atoms with van der Waals surface area (Å²) >= 11 is 0. The van der Waals surface area contributed by atoms with Gasteiger partial charge in [-0.3, -0.25) is 9.48 Å². The number of aromatic nitrogens is 2. The second-order valence-electron chi connectivity index (χ2n) is 11.4. The zero-order chi connectivity index (χ0) is 22.2. The highest BCUT2D eigenvalue weighted by Gasteiger charge is 2.58. The fourth-order valence-electron chi connectivity index (χ4n) is 8.56. The number of Topliss-reactive ketones (excluding diaryl/α,β-unsaturated/α-hetero) is 1. The van der Waals surface area contributed by atoms with Gasteiger partial charge in [0, 0.05) is 12.1 Å². The van der Waals surface area contributed by atoms with Gasteiger partial charge >= 0.3 is 0 Å². The van der Waals surface area contributed by atoms with Crippen molar-refractivity contribution in [2.75, 3.05) is 0 Å². The van der Waals surface area contributed by atoms with E-state index in [0.29, 0.717) is 12.3 Å². The van der Waals surface area contributed by atoms with E-state index < -0.39 is 0 Å². The first kappa shape index (κ1) is 23.1. The largest absolute Gasteiger partial charge is 0.297 e. The van der Waals surface area contributed by atoms with Gasteiger partial charge in [0.1, 0.15) is 0 Å². The van der Waals surface area contributed by atoms with E-state index in [1.54, 1.807) is 0 Å². The highest BCUT2D eigenvalue weighted by molar-refractivity contribution is 5.82. The van der Waals surface area contributed by atoms with Crippen molar-refractivity contribution in [2.24, 2.45) is 46.8 Å². The molecular formula is C28H46N2O. The molecule has 3 heteroatoms. The van der Waals surface area contributed by atoms with Gasteiger partial charge in [0.25, 0.3) is 0 Å². The number of fused-ring (bicyclic) bond motifs is 5. The molecule has 4 fully saturated rings. The lowest BCUT2D eigenvalue weighted by molar-refractivity contribution is -0.131. The van der Waals surface area contributed by atoms with Crippen LogP contribution in [0.15, 0.2) is 12.4 Å².